The molecular formula is C26H28F6N2O2S. The smallest absolute Gasteiger partial charge is 0.347 e. The summed E-state index contributed by atoms with van der Waals surface area (Å²) in [5.41, 5.74) is -1.69. The van der Waals surface area contributed by atoms with Crippen LogP contribution in [0.4, 0.5) is 26.3 Å². The molecular weight excluding hydrogens is 518 g/mol. The van der Waals surface area contributed by atoms with E-state index in [0.29, 0.717) is 54.9 Å². The number of nitrogens with zero attached hydrogens (tertiary/aromatic N) is 1. The number of alkyl halides is 6. The number of benzene rings is 2. The minimum Gasteiger partial charge on any atom is -0.347 e. The van der Waals surface area contributed by atoms with Gasteiger partial charge in [-0.15, -0.1) is 0 Å². The largest absolute Gasteiger partial charge is 0.417 e. The van der Waals surface area contributed by atoms with E-state index < -0.39 is 39.1 Å². The fraction of sp³-hybridized carbons (Fsp3) is 0.462. The number of nitrogens with one attached hydrogen (secondary N) is 1. The molecule has 4 rings (SSSR count). The lowest BCUT2D eigenvalue weighted by Crippen LogP contribution is -2.29. The van der Waals surface area contributed by atoms with Crippen LogP contribution in [0, 0.1) is 5.41 Å². The van der Waals surface area contributed by atoms with Crippen LogP contribution >= 0.6 is 0 Å². The molecule has 3 aromatic rings. The second kappa shape index (κ2) is 9.34. The lowest BCUT2D eigenvalue weighted by atomic mass is 9.95. The summed E-state index contributed by atoms with van der Waals surface area (Å²) in [5.74, 6) is 0. The van der Waals surface area contributed by atoms with E-state index in [-0.39, 0.29) is 22.8 Å². The molecule has 1 heterocycles. The van der Waals surface area contributed by atoms with Gasteiger partial charge in [-0.05, 0) is 65.6 Å². The molecule has 0 saturated heterocycles. The fourth-order valence-electron chi connectivity index (χ4n) is 4.41. The Balaban J connectivity index is 1.78. The molecule has 0 amide bonds. The van der Waals surface area contributed by atoms with Crippen molar-refractivity contribution >= 4 is 20.9 Å². The predicted molar refractivity (Wildman–Crippen MR) is 130 cm³/mol. The Bertz CT molecular complexity index is 1410. The molecule has 0 bridgehead atoms. The lowest BCUT2D eigenvalue weighted by Gasteiger charge is -2.20. The van der Waals surface area contributed by atoms with E-state index in [2.05, 4.69) is 4.72 Å². The van der Waals surface area contributed by atoms with Gasteiger partial charge in [0.15, 0.2) is 0 Å². The Labute approximate surface area is 211 Å². The summed E-state index contributed by atoms with van der Waals surface area (Å²) >= 11 is 0. The average Bonchev–Trinajstić information content (AvgIpc) is 3.57. The molecule has 2 aromatic carbocycles. The molecule has 0 spiro atoms. The second-order valence-electron chi connectivity index (χ2n) is 10.7. The second-order valence-corrected chi connectivity index (χ2v) is 12.8. The summed E-state index contributed by atoms with van der Waals surface area (Å²) in [6, 6.07) is 5.89. The van der Waals surface area contributed by atoms with Crippen molar-refractivity contribution < 1.29 is 34.8 Å². The van der Waals surface area contributed by atoms with E-state index >= 15 is 0 Å². The van der Waals surface area contributed by atoms with Crippen molar-refractivity contribution in [3.8, 4) is 11.1 Å². The van der Waals surface area contributed by atoms with Crippen LogP contribution in [-0.2, 0) is 35.3 Å². The molecule has 1 N–H and O–H groups in total. The van der Waals surface area contributed by atoms with Crippen LogP contribution in [0.25, 0.3) is 22.0 Å². The highest BCUT2D eigenvalue weighted by molar-refractivity contribution is 7.90. The normalized spacial score (nSPS) is 15.5. The van der Waals surface area contributed by atoms with Crippen LogP contribution in [0.5, 0.6) is 0 Å². The Morgan fingerprint density at radius 3 is 2.19 bits per heavy atom. The SMILES string of the molecule is CC(C)(C)Cn1cc(CCNS(=O)(=O)C2CC2)c2ccc(-c3cc(C(F)(F)F)ccc3C(F)(F)F)cc21. The van der Waals surface area contributed by atoms with Gasteiger partial charge in [0.25, 0.3) is 0 Å². The van der Waals surface area contributed by atoms with Crippen molar-refractivity contribution in [3.63, 3.8) is 0 Å². The summed E-state index contributed by atoms with van der Waals surface area (Å²) in [7, 11) is -3.37. The Morgan fingerprint density at radius 2 is 1.62 bits per heavy atom. The Hall–Kier alpha value is -2.53. The van der Waals surface area contributed by atoms with Crippen molar-refractivity contribution in [1.82, 2.24) is 9.29 Å². The van der Waals surface area contributed by atoms with Gasteiger partial charge in [0.1, 0.15) is 0 Å². The maximum atomic E-state index is 13.7. The molecule has 4 nitrogen and oxygen atoms in total. The lowest BCUT2D eigenvalue weighted by molar-refractivity contribution is -0.141. The van der Waals surface area contributed by atoms with Crippen molar-refractivity contribution in [2.45, 2.75) is 64.2 Å². The molecule has 1 fully saturated rings. The number of halogens is 6. The Morgan fingerprint density at radius 1 is 0.946 bits per heavy atom. The van der Waals surface area contributed by atoms with Gasteiger partial charge < -0.3 is 4.57 Å². The molecule has 1 aliphatic carbocycles. The van der Waals surface area contributed by atoms with Crippen molar-refractivity contribution in [3.05, 3.63) is 59.3 Å². The molecule has 1 aromatic heterocycles. The molecule has 1 saturated carbocycles. The quantitative estimate of drug-likeness (QED) is 0.324. The molecule has 37 heavy (non-hydrogen) atoms. The molecule has 0 unspecified atom stereocenters. The summed E-state index contributed by atoms with van der Waals surface area (Å²) in [6.07, 6.45) is -6.17. The highest BCUT2D eigenvalue weighted by Crippen LogP contribution is 2.42. The highest BCUT2D eigenvalue weighted by Gasteiger charge is 2.38. The van der Waals surface area contributed by atoms with Crippen molar-refractivity contribution in [2.24, 2.45) is 5.41 Å². The zero-order valence-electron chi connectivity index (χ0n) is 20.6. The van der Waals surface area contributed by atoms with E-state index in [1.807, 2.05) is 31.5 Å². The van der Waals surface area contributed by atoms with Crippen LogP contribution in [0.1, 0.15) is 50.3 Å². The van der Waals surface area contributed by atoms with E-state index in [1.165, 1.54) is 12.1 Å². The fourth-order valence-corrected chi connectivity index (χ4v) is 5.79. The minimum absolute atomic E-state index is 0.0140. The maximum absolute atomic E-state index is 13.7. The Kier molecular flexibility index (Phi) is 6.94. The third-order valence-electron chi connectivity index (χ3n) is 6.23. The molecule has 202 valence electrons. The molecule has 1 aliphatic rings. The van der Waals surface area contributed by atoms with E-state index in [9.17, 15) is 34.8 Å². The molecule has 0 aliphatic heterocycles. The number of sulfonamides is 1. The van der Waals surface area contributed by atoms with Gasteiger partial charge in [0.05, 0.1) is 16.4 Å². The van der Waals surface area contributed by atoms with E-state index in [1.54, 1.807) is 6.07 Å². The molecule has 0 atom stereocenters. The monoisotopic (exact) mass is 546 g/mol. The average molecular weight is 547 g/mol. The summed E-state index contributed by atoms with van der Waals surface area (Å²) in [6.45, 7) is 6.62. The first-order chi connectivity index (χ1) is 17.0. The van der Waals surface area contributed by atoms with Gasteiger partial charge in [-0.2, -0.15) is 26.3 Å². The van der Waals surface area contributed by atoms with E-state index in [0.717, 1.165) is 5.56 Å². The zero-order chi connectivity index (χ0) is 27.4. The minimum atomic E-state index is -4.84. The number of hydrogen-bond donors (Lipinski definition) is 1. The predicted octanol–water partition coefficient (Wildman–Crippen LogP) is 7.02. The third-order valence-corrected chi connectivity index (χ3v) is 8.19. The first-order valence-electron chi connectivity index (χ1n) is 11.8. The maximum Gasteiger partial charge on any atom is 0.417 e. The van der Waals surface area contributed by atoms with Gasteiger partial charge >= 0.3 is 12.4 Å². The van der Waals surface area contributed by atoms with Crippen LogP contribution < -0.4 is 4.72 Å². The van der Waals surface area contributed by atoms with Crippen molar-refractivity contribution in [1.29, 1.82) is 0 Å². The summed E-state index contributed by atoms with van der Waals surface area (Å²) < 4.78 is 110. The van der Waals surface area contributed by atoms with E-state index in [4.69, 9.17) is 0 Å². The van der Waals surface area contributed by atoms with Gasteiger partial charge in [-0.25, -0.2) is 13.1 Å². The van der Waals surface area contributed by atoms with Crippen LogP contribution in [0.15, 0.2) is 42.6 Å². The number of rotatable bonds is 7. The third kappa shape index (κ3) is 6.31. The topological polar surface area (TPSA) is 51.1 Å². The zero-order valence-corrected chi connectivity index (χ0v) is 21.4. The number of hydrogen-bond acceptors (Lipinski definition) is 2. The van der Waals surface area contributed by atoms with Crippen LogP contribution in [0.2, 0.25) is 0 Å². The van der Waals surface area contributed by atoms with Gasteiger partial charge in [0.2, 0.25) is 10.0 Å². The van der Waals surface area contributed by atoms with Gasteiger partial charge in [-0.3, -0.25) is 0 Å². The number of fused-ring (bicyclic) bond motifs is 1. The summed E-state index contributed by atoms with van der Waals surface area (Å²) in [5, 5.41) is 0.353. The standard InChI is InChI=1S/C26H28F6N2O2S/c1-24(2,3)15-34-14-17(10-11-33-37(35,36)19-6-7-19)20-8-4-16(12-23(20)34)21-13-18(25(27,28)29)5-9-22(21)26(30,31)32/h4-5,8-9,12-14,19,33H,6-7,10-11,15H2,1-3H3. The first-order valence-corrected chi connectivity index (χ1v) is 13.4. The first kappa shape index (κ1) is 27.5. The molecule has 11 heteroatoms. The number of aromatic nitrogens is 1. The summed E-state index contributed by atoms with van der Waals surface area (Å²) in [4.78, 5) is 0. The van der Waals surface area contributed by atoms with Crippen molar-refractivity contribution in [2.75, 3.05) is 6.54 Å². The van der Waals surface area contributed by atoms with Gasteiger partial charge in [0, 0.05) is 30.2 Å². The van der Waals surface area contributed by atoms with Crippen LogP contribution in [-0.4, -0.2) is 24.8 Å². The van der Waals surface area contributed by atoms with Gasteiger partial charge in [-0.1, -0.05) is 32.9 Å². The highest BCUT2D eigenvalue weighted by atomic mass is 32.2. The molecule has 0 radical (unpaired) electrons. The van der Waals surface area contributed by atoms with Crippen LogP contribution in [0.3, 0.4) is 0 Å².